The molecule has 2 amide bonds. The van der Waals surface area contributed by atoms with E-state index in [1.807, 2.05) is 0 Å². The number of carbonyl (C=O) groups excluding carboxylic acids is 3. The van der Waals surface area contributed by atoms with Gasteiger partial charge in [0.25, 0.3) is 5.91 Å². The lowest BCUT2D eigenvalue weighted by molar-refractivity contribution is -0.119. The first-order chi connectivity index (χ1) is 12.9. The Morgan fingerprint density at radius 3 is 2.56 bits per heavy atom. The number of anilines is 3. The zero-order valence-corrected chi connectivity index (χ0v) is 15.2. The fourth-order valence-corrected chi connectivity index (χ4v) is 2.85. The minimum absolute atomic E-state index is 0.0986. The van der Waals surface area contributed by atoms with Gasteiger partial charge in [0.05, 0.1) is 16.3 Å². The van der Waals surface area contributed by atoms with Crippen LogP contribution in [0.3, 0.4) is 0 Å². The molecule has 1 aliphatic rings. The molecule has 0 unspecified atom stereocenters. The van der Waals surface area contributed by atoms with Crippen molar-refractivity contribution in [1.29, 1.82) is 0 Å². The Morgan fingerprint density at radius 2 is 1.93 bits per heavy atom. The van der Waals surface area contributed by atoms with Crippen molar-refractivity contribution < 1.29 is 19.1 Å². The van der Waals surface area contributed by atoms with Crippen LogP contribution in [-0.2, 0) is 14.3 Å². The number of esters is 1. The largest absolute Gasteiger partial charge is 0.452 e. The molecule has 1 aliphatic heterocycles. The van der Waals surface area contributed by atoms with Crippen LogP contribution in [0.15, 0.2) is 42.5 Å². The van der Waals surface area contributed by atoms with E-state index in [-0.39, 0.29) is 17.2 Å². The van der Waals surface area contributed by atoms with Crippen LogP contribution >= 0.6 is 11.6 Å². The molecular weight excluding hydrogens is 370 g/mol. The Kier molecular flexibility index (Phi) is 5.61. The normalized spacial score (nSPS) is 13.5. The minimum Gasteiger partial charge on any atom is -0.452 e. The monoisotopic (exact) mass is 387 g/mol. The molecule has 8 heteroatoms. The van der Waals surface area contributed by atoms with E-state index in [2.05, 4.69) is 5.32 Å². The summed E-state index contributed by atoms with van der Waals surface area (Å²) in [7, 11) is 0. The van der Waals surface area contributed by atoms with E-state index in [1.54, 1.807) is 29.2 Å². The molecular formula is C19H18ClN3O4. The van der Waals surface area contributed by atoms with Crippen LogP contribution in [0, 0.1) is 0 Å². The maximum Gasteiger partial charge on any atom is 0.338 e. The minimum atomic E-state index is -0.670. The molecule has 0 spiro atoms. The number of nitrogens with one attached hydrogen (secondary N) is 1. The molecule has 0 aromatic heterocycles. The van der Waals surface area contributed by atoms with Gasteiger partial charge in [-0.25, -0.2) is 4.79 Å². The van der Waals surface area contributed by atoms with Crippen molar-refractivity contribution in [2.75, 3.05) is 29.1 Å². The molecule has 27 heavy (non-hydrogen) atoms. The second kappa shape index (κ2) is 8.09. The molecule has 1 heterocycles. The van der Waals surface area contributed by atoms with Crippen molar-refractivity contribution in [3.05, 3.63) is 53.1 Å². The summed E-state index contributed by atoms with van der Waals surface area (Å²) in [6, 6.07) is 11.3. The van der Waals surface area contributed by atoms with Gasteiger partial charge in [0.2, 0.25) is 5.91 Å². The van der Waals surface area contributed by atoms with Crippen LogP contribution < -0.4 is 16.0 Å². The molecule has 1 fully saturated rings. The van der Waals surface area contributed by atoms with E-state index in [0.717, 1.165) is 12.1 Å². The second-order valence-corrected chi connectivity index (χ2v) is 6.46. The highest BCUT2D eigenvalue weighted by atomic mass is 35.5. The lowest BCUT2D eigenvalue weighted by Gasteiger charge is -2.16. The van der Waals surface area contributed by atoms with Gasteiger partial charge in [0.1, 0.15) is 0 Å². The van der Waals surface area contributed by atoms with E-state index >= 15 is 0 Å². The molecule has 0 bridgehead atoms. The summed E-state index contributed by atoms with van der Waals surface area (Å²) >= 11 is 5.80. The standard InChI is InChI=1S/C19H18ClN3O4/c20-15-8-3-12(10-16(15)21)19(26)27-11-17(24)22-13-4-6-14(7-5-13)23-9-1-2-18(23)25/h3-8,10H,1-2,9,11,21H2,(H,22,24). The SMILES string of the molecule is Nc1cc(C(=O)OCC(=O)Nc2ccc(N3CCCC3=O)cc2)ccc1Cl. The average molecular weight is 388 g/mol. The highest BCUT2D eigenvalue weighted by molar-refractivity contribution is 6.33. The fourth-order valence-electron chi connectivity index (χ4n) is 2.73. The molecule has 0 atom stereocenters. The second-order valence-electron chi connectivity index (χ2n) is 6.06. The first-order valence-corrected chi connectivity index (χ1v) is 8.74. The third-order valence-corrected chi connectivity index (χ3v) is 4.45. The van der Waals surface area contributed by atoms with E-state index in [1.165, 1.54) is 18.2 Å². The molecule has 3 N–H and O–H groups in total. The van der Waals surface area contributed by atoms with E-state index in [4.69, 9.17) is 22.1 Å². The summed E-state index contributed by atoms with van der Waals surface area (Å²) in [6.45, 7) is 0.267. The number of nitrogens with two attached hydrogens (primary N) is 1. The lowest BCUT2D eigenvalue weighted by atomic mass is 10.2. The molecule has 2 aromatic rings. The molecule has 3 rings (SSSR count). The summed E-state index contributed by atoms with van der Waals surface area (Å²) in [5, 5.41) is 2.97. The zero-order valence-electron chi connectivity index (χ0n) is 14.4. The lowest BCUT2D eigenvalue weighted by Crippen LogP contribution is -2.23. The number of carbonyl (C=O) groups is 3. The van der Waals surface area contributed by atoms with Gasteiger partial charge in [-0.1, -0.05) is 11.6 Å². The number of rotatable bonds is 5. The summed E-state index contributed by atoms with van der Waals surface area (Å²) in [4.78, 5) is 37.4. The average Bonchev–Trinajstić information content (AvgIpc) is 3.08. The molecule has 0 saturated carbocycles. The number of nitrogens with zero attached hydrogens (tertiary/aromatic N) is 1. The summed E-state index contributed by atoms with van der Waals surface area (Å²) in [6.07, 6.45) is 1.41. The summed E-state index contributed by atoms with van der Waals surface area (Å²) in [5.41, 5.74) is 7.45. The van der Waals surface area contributed by atoms with Crippen LogP contribution in [-0.4, -0.2) is 30.9 Å². The summed E-state index contributed by atoms with van der Waals surface area (Å²) in [5.74, 6) is -1.05. The van der Waals surface area contributed by atoms with Gasteiger partial charge in [0.15, 0.2) is 6.61 Å². The van der Waals surface area contributed by atoms with Gasteiger partial charge in [-0.05, 0) is 48.9 Å². The van der Waals surface area contributed by atoms with Crippen molar-refractivity contribution >= 4 is 46.4 Å². The molecule has 140 valence electrons. The van der Waals surface area contributed by atoms with E-state index < -0.39 is 18.5 Å². The van der Waals surface area contributed by atoms with Gasteiger partial charge >= 0.3 is 5.97 Å². The maximum absolute atomic E-state index is 12.0. The maximum atomic E-state index is 12.0. The van der Waals surface area contributed by atoms with Crippen LogP contribution in [0.25, 0.3) is 0 Å². The number of benzene rings is 2. The number of hydrogen-bond acceptors (Lipinski definition) is 5. The zero-order chi connectivity index (χ0) is 19.4. The Morgan fingerprint density at radius 1 is 1.19 bits per heavy atom. The van der Waals surface area contributed by atoms with Gasteiger partial charge in [0, 0.05) is 24.3 Å². The third kappa shape index (κ3) is 4.57. The van der Waals surface area contributed by atoms with Crippen LogP contribution in [0.2, 0.25) is 5.02 Å². The van der Waals surface area contributed by atoms with Crippen LogP contribution in [0.4, 0.5) is 17.1 Å². The first-order valence-electron chi connectivity index (χ1n) is 8.36. The number of nitrogen functional groups attached to an aromatic ring is 1. The van der Waals surface area contributed by atoms with E-state index in [9.17, 15) is 14.4 Å². The molecule has 2 aromatic carbocycles. The molecule has 0 radical (unpaired) electrons. The number of halogens is 1. The molecule has 7 nitrogen and oxygen atoms in total. The van der Waals surface area contributed by atoms with Crippen LogP contribution in [0.1, 0.15) is 23.2 Å². The van der Waals surface area contributed by atoms with Gasteiger partial charge < -0.3 is 20.7 Å². The fraction of sp³-hybridized carbons (Fsp3) is 0.211. The smallest absolute Gasteiger partial charge is 0.338 e. The van der Waals surface area contributed by atoms with E-state index in [0.29, 0.717) is 23.7 Å². The predicted octanol–water partition coefficient (Wildman–Crippen LogP) is 2.84. The molecule has 0 aliphatic carbocycles. The Labute approximate surface area is 161 Å². The quantitative estimate of drug-likeness (QED) is 0.606. The van der Waals surface area contributed by atoms with Crippen molar-refractivity contribution in [2.45, 2.75) is 12.8 Å². The predicted molar refractivity (Wildman–Crippen MR) is 103 cm³/mol. The first kappa shape index (κ1) is 18.7. The topological polar surface area (TPSA) is 102 Å². The van der Waals surface area contributed by atoms with Crippen molar-refractivity contribution in [3.63, 3.8) is 0 Å². The number of ether oxygens (including phenoxy) is 1. The van der Waals surface area contributed by atoms with Crippen molar-refractivity contribution in [3.8, 4) is 0 Å². The van der Waals surface area contributed by atoms with Gasteiger partial charge in [-0.3, -0.25) is 9.59 Å². The Bertz CT molecular complexity index is 883. The highest BCUT2D eigenvalue weighted by Crippen LogP contribution is 2.23. The summed E-state index contributed by atoms with van der Waals surface area (Å²) < 4.78 is 4.97. The number of hydrogen-bond donors (Lipinski definition) is 2. The van der Waals surface area contributed by atoms with Gasteiger partial charge in [-0.2, -0.15) is 0 Å². The van der Waals surface area contributed by atoms with Crippen LogP contribution in [0.5, 0.6) is 0 Å². The Hall–Kier alpha value is -3.06. The van der Waals surface area contributed by atoms with Crippen molar-refractivity contribution in [1.82, 2.24) is 0 Å². The number of amides is 2. The Balaban J connectivity index is 1.52. The van der Waals surface area contributed by atoms with Gasteiger partial charge in [-0.15, -0.1) is 0 Å². The van der Waals surface area contributed by atoms with Crippen molar-refractivity contribution in [2.24, 2.45) is 0 Å². The third-order valence-electron chi connectivity index (χ3n) is 4.10. The molecule has 1 saturated heterocycles. The highest BCUT2D eigenvalue weighted by Gasteiger charge is 2.21.